The number of rotatable bonds is 3. The molecule has 1 aliphatic carbocycles. The van der Waals surface area contributed by atoms with Gasteiger partial charge in [0.1, 0.15) is 0 Å². The predicted octanol–water partition coefficient (Wildman–Crippen LogP) is 2.46. The molecule has 3 heteroatoms. The highest BCUT2D eigenvalue weighted by molar-refractivity contribution is 5.75. The molecule has 1 aliphatic rings. The summed E-state index contributed by atoms with van der Waals surface area (Å²) in [5.41, 5.74) is 6.84. The van der Waals surface area contributed by atoms with E-state index in [9.17, 15) is 9.90 Å². The fourth-order valence-electron chi connectivity index (χ4n) is 1.66. The minimum atomic E-state index is -0.835. The topological polar surface area (TPSA) is 63.3 Å². The summed E-state index contributed by atoms with van der Waals surface area (Å²) in [6, 6.07) is 0. The number of allylic oxidation sites excluding steroid dienone is 5. The lowest BCUT2D eigenvalue weighted by atomic mass is 9.78. The maximum atomic E-state index is 11.2. The van der Waals surface area contributed by atoms with Crippen LogP contribution >= 0.6 is 0 Å². The number of hydrogen-bond donors (Lipinski definition) is 2. The van der Waals surface area contributed by atoms with Gasteiger partial charge in [-0.1, -0.05) is 31.2 Å². The standard InChI is InChI=1S/C13H19NO2/c1-4-9-6-5-7-10(8-11(9)14)13(2,3)12(15)16/h5-8,10H,4,14H2,1-3H3,(H,15,16). The summed E-state index contributed by atoms with van der Waals surface area (Å²) in [7, 11) is 0. The van der Waals surface area contributed by atoms with Crippen molar-refractivity contribution in [3.8, 4) is 0 Å². The smallest absolute Gasteiger partial charge is 0.309 e. The molecule has 88 valence electrons. The van der Waals surface area contributed by atoms with Crippen molar-refractivity contribution in [1.29, 1.82) is 0 Å². The van der Waals surface area contributed by atoms with E-state index in [-0.39, 0.29) is 5.92 Å². The number of carbonyl (C=O) groups is 1. The quantitative estimate of drug-likeness (QED) is 0.769. The number of carboxylic acids is 1. The van der Waals surface area contributed by atoms with Gasteiger partial charge in [-0.15, -0.1) is 0 Å². The van der Waals surface area contributed by atoms with Crippen molar-refractivity contribution < 1.29 is 9.90 Å². The average molecular weight is 221 g/mol. The molecule has 0 aromatic rings. The van der Waals surface area contributed by atoms with Gasteiger partial charge in [-0.2, -0.15) is 0 Å². The summed E-state index contributed by atoms with van der Waals surface area (Å²) in [5.74, 6) is -0.989. The second-order valence-corrected chi connectivity index (χ2v) is 4.60. The van der Waals surface area contributed by atoms with Gasteiger partial charge in [-0.25, -0.2) is 0 Å². The van der Waals surface area contributed by atoms with Crippen LogP contribution in [0.4, 0.5) is 0 Å². The fraction of sp³-hybridized carbons (Fsp3) is 0.462. The molecular weight excluding hydrogens is 202 g/mol. The third kappa shape index (κ3) is 2.35. The third-order valence-electron chi connectivity index (χ3n) is 3.11. The van der Waals surface area contributed by atoms with Crippen LogP contribution in [0, 0.1) is 11.3 Å². The largest absolute Gasteiger partial charge is 0.481 e. The van der Waals surface area contributed by atoms with Crippen molar-refractivity contribution in [2.45, 2.75) is 27.2 Å². The van der Waals surface area contributed by atoms with Crippen LogP contribution in [-0.2, 0) is 4.79 Å². The Morgan fingerprint density at radius 2 is 2.19 bits per heavy atom. The summed E-state index contributed by atoms with van der Waals surface area (Å²) in [6.45, 7) is 5.46. The molecule has 0 bridgehead atoms. The van der Waals surface area contributed by atoms with Gasteiger partial charge in [0.05, 0.1) is 5.41 Å². The SMILES string of the molecule is CCC1=CC=CC(C(C)(C)C(=O)O)C=C1N. The van der Waals surface area contributed by atoms with Crippen LogP contribution < -0.4 is 5.73 Å². The number of carboxylic acid groups (broad SMARTS) is 1. The Bertz CT molecular complexity index is 375. The molecule has 0 aromatic carbocycles. The number of hydrogen-bond acceptors (Lipinski definition) is 2. The molecular formula is C13H19NO2. The van der Waals surface area contributed by atoms with Crippen LogP contribution in [0.2, 0.25) is 0 Å². The van der Waals surface area contributed by atoms with Crippen molar-refractivity contribution in [3.63, 3.8) is 0 Å². The molecule has 0 spiro atoms. The summed E-state index contributed by atoms with van der Waals surface area (Å²) in [5, 5.41) is 9.17. The number of aliphatic carboxylic acids is 1. The zero-order valence-electron chi connectivity index (χ0n) is 10.0. The maximum Gasteiger partial charge on any atom is 0.309 e. The fourth-order valence-corrected chi connectivity index (χ4v) is 1.66. The molecule has 1 rings (SSSR count). The third-order valence-corrected chi connectivity index (χ3v) is 3.11. The summed E-state index contributed by atoms with van der Waals surface area (Å²) < 4.78 is 0. The monoisotopic (exact) mass is 221 g/mol. The Balaban J connectivity index is 3.05. The first-order valence-corrected chi connectivity index (χ1v) is 5.48. The van der Waals surface area contributed by atoms with E-state index >= 15 is 0 Å². The summed E-state index contributed by atoms with van der Waals surface area (Å²) in [6.07, 6.45) is 8.43. The molecule has 0 aromatic heterocycles. The van der Waals surface area contributed by atoms with Gasteiger partial charge in [0.25, 0.3) is 0 Å². The van der Waals surface area contributed by atoms with Gasteiger partial charge in [-0.05, 0) is 25.8 Å². The van der Waals surface area contributed by atoms with Crippen molar-refractivity contribution >= 4 is 5.97 Å². The Morgan fingerprint density at radius 3 is 2.69 bits per heavy atom. The minimum absolute atomic E-state index is 0.176. The van der Waals surface area contributed by atoms with Crippen LogP contribution in [0.3, 0.4) is 0 Å². The molecule has 0 fully saturated rings. The maximum absolute atomic E-state index is 11.2. The summed E-state index contributed by atoms with van der Waals surface area (Å²) in [4.78, 5) is 11.2. The highest BCUT2D eigenvalue weighted by atomic mass is 16.4. The molecule has 0 aliphatic heterocycles. The number of nitrogens with two attached hydrogens (primary N) is 1. The van der Waals surface area contributed by atoms with Crippen LogP contribution in [0.1, 0.15) is 27.2 Å². The van der Waals surface area contributed by atoms with E-state index in [0.717, 1.165) is 12.0 Å². The van der Waals surface area contributed by atoms with Gasteiger partial charge >= 0.3 is 5.97 Å². The normalized spacial score (nSPS) is 21.1. The molecule has 0 saturated heterocycles. The highest BCUT2D eigenvalue weighted by Gasteiger charge is 2.34. The molecule has 0 amide bonds. The van der Waals surface area contributed by atoms with Gasteiger partial charge in [0, 0.05) is 11.6 Å². The van der Waals surface area contributed by atoms with Crippen molar-refractivity contribution in [2.75, 3.05) is 0 Å². The molecule has 3 nitrogen and oxygen atoms in total. The highest BCUT2D eigenvalue weighted by Crippen LogP contribution is 2.32. The van der Waals surface area contributed by atoms with Crippen molar-refractivity contribution in [2.24, 2.45) is 17.1 Å². The van der Waals surface area contributed by atoms with Gasteiger partial charge in [0.15, 0.2) is 0 Å². The van der Waals surface area contributed by atoms with E-state index in [1.807, 2.05) is 31.2 Å². The van der Waals surface area contributed by atoms with E-state index in [0.29, 0.717) is 5.70 Å². The Hall–Kier alpha value is -1.51. The molecule has 16 heavy (non-hydrogen) atoms. The Labute approximate surface area is 96.3 Å². The zero-order valence-corrected chi connectivity index (χ0v) is 10.0. The predicted molar refractivity (Wildman–Crippen MR) is 64.7 cm³/mol. The second kappa shape index (κ2) is 4.56. The first-order chi connectivity index (χ1) is 7.39. The second-order valence-electron chi connectivity index (χ2n) is 4.60. The molecule has 0 saturated carbocycles. The van der Waals surface area contributed by atoms with Gasteiger partial charge in [0.2, 0.25) is 0 Å². The molecule has 3 N–H and O–H groups in total. The zero-order chi connectivity index (χ0) is 12.3. The Kier molecular flexibility index (Phi) is 3.58. The average Bonchev–Trinajstić information content (AvgIpc) is 2.39. The molecule has 1 unspecified atom stereocenters. The first kappa shape index (κ1) is 12.6. The van der Waals surface area contributed by atoms with Crippen LogP contribution in [0.15, 0.2) is 35.6 Å². The van der Waals surface area contributed by atoms with Crippen LogP contribution in [0.5, 0.6) is 0 Å². The lowest BCUT2D eigenvalue weighted by Crippen LogP contribution is -2.31. The lowest BCUT2D eigenvalue weighted by molar-refractivity contribution is -0.148. The van der Waals surface area contributed by atoms with E-state index in [1.165, 1.54) is 0 Å². The van der Waals surface area contributed by atoms with Gasteiger partial charge < -0.3 is 10.8 Å². The minimum Gasteiger partial charge on any atom is -0.481 e. The van der Waals surface area contributed by atoms with Crippen molar-refractivity contribution in [1.82, 2.24) is 0 Å². The van der Waals surface area contributed by atoms with E-state index in [1.54, 1.807) is 13.8 Å². The summed E-state index contributed by atoms with van der Waals surface area (Å²) >= 11 is 0. The van der Waals surface area contributed by atoms with Crippen LogP contribution in [-0.4, -0.2) is 11.1 Å². The van der Waals surface area contributed by atoms with E-state index in [2.05, 4.69) is 0 Å². The Morgan fingerprint density at radius 1 is 1.56 bits per heavy atom. The lowest BCUT2D eigenvalue weighted by Gasteiger charge is -2.25. The van der Waals surface area contributed by atoms with E-state index < -0.39 is 11.4 Å². The van der Waals surface area contributed by atoms with E-state index in [4.69, 9.17) is 5.73 Å². The van der Waals surface area contributed by atoms with Crippen LogP contribution in [0.25, 0.3) is 0 Å². The molecule has 1 atom stereocenters. The van der Waals surface area contributed by atoms with Gasteiger partial charge in [-0.3, -0.25) is 4.79 Å². The first-order valence-electron chi connectivity index (χ1n) is 5.48. The van der Waals surface area contributed by atoms with Crippen molar-refractivity contribution in [3.05, 3.63) is 35.6 Å². The molecule has 0 heterocycles. The molecule has 0 radical (unpaired) electrons.